The Labute approximate surface area is 209 Å². The lowest BCUT2D eigenvalue weighted by Crippen LogP contribution is -2.48. The average molecular weight is 563 g/mol. The first-order valence-electron chi connectivity index (χ1n) is 10.8. The number of amides is 1. The second-order valence-corrected chi connectivity index (χ2v) is 10.2. The Balaban J connectivity index is 0.00000480. The zero-order chi connectivity index (χ0) is 22.0. The van der Waals surface area contributed by atoms with Crippen LogP contribution in [0, 0.1) is 11.3 Å². The van der Waals surface area contributed by atoms with E-state index in [-0.39, 0.29) is 47.9 Å². The molecule has 0 aromatic heterocycles. The topological polar surface area (TPSA) is 66.0 Å². The molecule has 0 bridgehead atoms. The third-order valence-corrected chi connectivity index (χ3v) is 6.12. The summed E-state index contributed by atoms with van der Waals surface area (Å²) in [6.45, 7) is 9.24. The van der Waals surface area contributed by atoms with Crippen molar-refractivity contribution in [2.45, 2.75) is 44.6 Å². The molecule has 1 aliphatic heterocycles. The summed E-state index contributed by atoms with van der Waals surface area (Å²) in [5.41, 5.74) is 0.102. The number of halogens is 1. The molecule has 1 aromatic rings. The van der Waals surface area contributed by atoms with Crippen molar-refractivity contribution in [3.05, 3.63) is 30.3 Å². The van der Waals surface area contributed by atoms with Gasteiger partial charge in [-0.15, -0.1) is 35.7 Å². The van der Waals surface area contributed by atoms with E-state index in [0.29, 0.717) is 11.9 Å². The molecule has 2 atom stereocenters. The van der Waals surface area contributed by atoms with Crippen LogP contribution in [0.25, 0.3) is 0 Å². The molecule has 0 saturated carbocycles. The van der Waals surface area contributed by atoms with E-state index in [1.807, 2.05) is 6.07 Å². The summed E-state index contributed by atoms with van der Waals surface area (Å²) < 4.78 is 6.10. The van der Waals surface area contributed by atoms with Crippen LogP contribution in [0.1, 0.15) is 33.6 Å². The molecule has 0 spiro atoms. The molecule has 1 amide bonds. The predicted octanol–water partition coefficient (Wildman–Crippen LogP) is 3.86. The summed E-state index contributed by atoms with van der Waals surface area (Å²) in [5.74, 6) is 2.03. The minimum Gasteiger partial charge on any atom is -0.377 e. The fourth-order valence-electron chi connectivity index (χ4n) is 3.55. The van der Waals surface area contributed by atoms with Gasteiger partial charge in [0.05, 0.1) is 6.10 Å². The van der Waals surface area contributed by atoms with Gasteiger partial charge in [0.15, 0.2) is 5.96 Å². The van der Waals surface area contributed by atoms with Gasteiger partial charge in [-0.3, -0.25) is 4.79 Å². The summed E-state index contributed by atoms with van der Waals surface area (Å²) in [7, 11) is 3.50. The number of nitrogens with zero attached hydrogens (tertiary/aromatic N) is 2. The van der Waals surface area contributed by atoms with Crippen LogP contribution < -0.4 is 10.6 Å². The molecule has 176 valence electrons. The van der Waals surface area contributed by atoms with Crippen LogP contribution in [0.15, 0.2) is 40.2 Å². The van der Waals surface area contributed by atoms with E-state index < -0.39 is 0 Å². The molecule has 1 aliphatic rings. The van der Waals surface area contributed by atoms with Gasteiger partial charge in [-0.25, -0.2) is 4.99 Å². The number of nitrogens with one attached hydrogen (secondary N) is 2. The summed E-state index contributed by atoms with van der Waals surface area (Å²) in [6.07, 6.45) is 2.45. The summed E-state index contributed by atoms with van der Waals surface area (Å²) >= 11 is 1.80. The third-order valence-electron chi connectivity index (χ3n) is 5.11. The number of ether oxygens (including phenoxy) is 1. The molecule has 6 nitrogen and oxygen atoms in total. The summed E-state index contributed by atoms with van der Waals surface area (Å²) in [4.78, 5) is 19.3. The van der Waals surface area contributed by atoms with Crippen LogP contribution in [0.5, 0.6) is 0 Å². The van der Waals surface area contributed by atoms with Crippen molar-refractivity contribution in [1.82, 2.24) is 15.5 Å². The lowest BCUT2D eigenvalue weighted by atomic mass is 9.78. The third kappa shape index (κ3) is 10.4. The van der Waals surface area contributed by atoms with E-state index in [9.17, 15) is 4.79 Å². The fraction of sp³-hybridized carbons (Fsp3) is 0.652. The van der Waals surface area contributed by atoms with Gasteiger partial charge in [0.2, 0.25) is 5.91 Å². The van der Waals surface area contributed by atoms with Crippen molar-refractivity contribution < 1.29 is 9.53 Å². The van der Waals surface area contributed by atoms with Gasteiger partial charge in [0.1, 0.15) is 6.54 Å². The second kappa shape index (κ2) is 14.2. The van der Waals surface area contributed by atoms with Crippen molar-refractivity contribution >= 4 is 47.6 Å². The Morgan fingerprint density at radius 2 is 1.94 bits per heavy atom. The Hall–Kier alpha value is -1.000. The summed E-state index contributed by atoms with van der Waals surface area (Å²) in [5, 5.41) is 6.85. The molecule has 31 heavy (non-hydrogen) atoms. The first kappa shape index (κ1) is 28.0. The number of guanidine groups is 1. The lowest BCUT2D eigenvalue weighted by Gasteiger charge is -2.40. The number of rotatable bonds is 8. The monoisotopic (exact) mass is 562 g/mol. The van der Waals surface area contributed by atoms with E-state index in [1.54, 1.807) is 30.8 Å². The first-order valence-corrected chi connectivity index (χ1v) is 11.8. The van der Waals surface area contributed by atoms with E-state index in [4.69, 9.17) is 4.74 Å². The Kier molecular flexibility index (Phi) is 12.9. The highest BCUT2D eigenvalue weighted by Crippen LogP contribution is 2.33. The standard InChI is InChI=1S/C23H38N4O2S.HI/c1-23(2,3)21-18(10-9-14-29-21)16-25-22(26-17-20(28)27(4)5)24-13-15-30-19-11-7-6-8-12-19;/h6-8,11-12,18,21H,9-10,13-17H2,1-5H3,(H2,24,25,26);1H. The maximum absolute atomic E-state index is 12.0. The number of hydrogen-bond acceptors (Lipinski definition) is 4. The zero-order valence-electron chi connectivity index (χ0n) is 19.5. The van der Waals surface area contributed by atoms with E-state index in [0.717, 1.165) is 38.3 Å². The minimum absolute atomic E-state index is 0. The molecule has 1 fully saturated rings. The number of aliphatic imine (C=N–C) groups is 1. The normalized spacial score (nSPS) is 19.3. The Bertz CT molecular complexity index is 680. The van der Waals surface area contributed by atoms with Gasteiger partial charge in [0.25, 0.3) is 0 Å². The van der Waals surface area contributed by atoms with E-state index >= 15 is 0 Å². The van der Waals surface area contributed by atoms with Crippen LogP contribution in [0.2, 0.25) is 0 Å². The van der Waals surface area contributed by atoms with Crippen molar-refractivity contribution in [2.75, 3.05) is 46.1 Å². The molecule has 2 unspecified atom stereocenters. The smallest absolute Gasteiger partial charge is 0.243 e. The maximum Gasteiger partial charge on any atom is 0.243 e. The molecule has 1 saturated heterocycles. The van der Waals surface area contributed by atoms with Crippen LogP contribution in [0.4, 0.5) is 0 Å². The average Bonchev–Trinajstić information content (AvgIpc) is 2.72. The van der Waals surface area contributed by atoms with E-state index in [2.05, 4.69) is 60.7 Å². The first-order chi connectivity index (χ1) is 14.3. The largest absolute Gasteiger partial charge is 0.377 e. The zero-order valence-corrected chi connectivity index (χ0v) is 22.7. The quantitative estimate of drug-likeness (QED) is 0.166. The minimum atomic E-state index is -0.0108. The van der Waals surface area contributed by atoms with Gasteiger partial charge >= 0.3 is 0 Å². The predicted molar refractivity (Wildman–Crippen MR) is 142 cm³/mol. The SMILES string of the molecule is CN(C)C(=O)CN=C(NCCSc1ccccc1)NCC1CCCOC1C(C)(C)C.I. The molecule has 2 N–H and O–H groups in total. The second-order valence-electron chi connectivity index (χ2n) is 8.98. The number of benzene rings is 1. The van der Waals surface area contributed by atoms with Gasteiger partial charge in [0, 0.05) is 50.4 Å². The van der Waals surface area contributed by atoms with Gasteiger partial charge in [-0.1, -0.05) is 39.0 Å². The highest BCUT2D eigenvalue weighted by atomic mass is 127. The number of hydrogen-bond donors (Lipinski definition) is 2. The highest BCUT2D eigenvalue weighted by Gasteiger charge is 2.35. The van der Waals surface area contributed by atoms with Gasteiger partial charge in [-0.2, -0.15) is 0 Å². The maximum atomic E-state index is 12.0. The van der Waals surface area contributed by atoms with Crippen molar-refractivity contribution in [1.29, 1.82) is 0 Å². The number of carbonyl (C=O) groups excluding carboxylic acids is 1. The van der Waals surface area contributed by atoms with Crippen molar-refractivity contribution in [3.63, 3.8) is 0 Å². The molecule has 0 radical (unpaired) electrons. The van der Waals surface area contributed by atoms with Crippen LogP contribution in [-0.4, -0.2) is 69.0 Å². The Morgan fingerprint density at radius 1 is 1.23 bits per heavy atom. The van der Waals surface area contributed by atoms with Crippen LogP contribution in [0.3, 0.4) is 0 Å². The van der Waals surface area contributed by atoms with Crippen molar-refractivity contribution in [3.8, 4) is 0 Å². The summed E-state index contributed by atoms with van der Waals surface area (Å²) in [6, 6.07) is 10.4. The molecular weight excluding hydrogens is 523 g/mol. The molecule has 1 heterocycles. The van der Waals surface area contributed by atoms with Gasteiger partial charge < -0.3 is 20.3 Å². The number of thioether (sulfide) groups is 1. The fourth-order valence-corrected chi connectivity index (χ4v) is 4.34. The van der Waals surface area contributed by atoms with Gasteiger partial charge in [-0.05, 0) is 30.4 Å². The van der Waals surface area contributed by atoms with Crippen LogP contribution >= 0.6 is 35.7 Å². The van der Waals surface area contributed by atoms with Crippen molar-refractivity contribution in [2.24, 2.45) is 16.3 Å². The van der Waals surface area contributed by atoms with Crippen LogP contribution in [-0.2, 0) is 9.53 Å². The Morgan fingerprint density at radius 3 is 2.58 bits per heavy atom. The molecule has 0 aliphatic carbocycles. The highest BCUT2D eigenvalue weighted by molar-refractivity contribution is 14.0. The molecule has 2 rings (SSSR count). The lowest BCUT2D eigenvalue weighted by molar-refractivity contribution is -0.127. The molecule has 1 aromatic carbocycles. The van der Waals surface area contributed by atoms with E-state index in [1.165, 1.54) is 4.90 Å². The number of carbonyl (C=O) groups is 1. The molecular formula is C23H39IN4O2S. The number of likely N-dealkylation sites (N-methyl/N-ethyl adjacent to an activating group) is 1. The molecule has 8 heteroatoms.